The highest BCUT2D eigenvalue weighted by molar-refractivity contribution is 6.33. The molecule has 2 rings (SSSR count). The Morgan fingerprint density at radius 2 is 2.22 bits per heavy atom. The molecule has 0 aliphatic carbocycles. The quantitative estimate of drug-likeness (QED) is 0.830. The van der Waals surface area contributed by atoms with Crippen LogP contribution >= 0.6 is 11.6 Å². The maximum Gasteiger partial charge on any atom is 0.259 e. The Labute approximate surface area is 141 Å². The predicted octanol–water partition coefficient (Wildman–Crippen LogP) is 2.28. The standard InChI is InChI=1S/C16H23ClN2O4/c1-4-19-7-5-6-10(19)9-18-16(21)13-14(20)12(22-2)8-11(17)15(13)23-3/h8,10,20H,4-7,9H2,1-3H3,(H,18,21). The number of hydrogen-bond acceptors (Lipinski definition) is 5. The van der Waals surface area contributed by atoms with Crippen molar-refractivity contribution in [2.75, 3.05) is 33.9 Å². The van der Waals surface area contributed by atoms with Gasteiger partial charge in [0.15, 0.2) is 17.2 Å². The molecule has 1 atom stereocenters. The minimum Gasteiger partial charge on any atom is -0.504 e. The first-order valence-corrected chi connectivity index (χ1v) is 8.06. The van der Waals surface area contributed by atoms with Gasteiger partial charge in [-0.1, -0.05) is 18.5 Å². The summed E-state index contributed by atoms with van der Waals surface area (Å²) in [6.45, 7) is 4.64. The van der Waals surface area contributed by atoms with Crippen LogP contribution in [0.25, 0.3) is 0 Å². The van der Waals surface area contributed by atoms with Gasteiger partial charge in [-0.3, -0.25) is 9.69 Å². The molecular weight excluding hydrogens is 320 g/mol. The molecule has 0 saturated carbocycles. The van der Waals surface area contributed by atoms with Gasteiger partial charge in [0, 0.05) is 18.7 Å². The summed E-state index contributed by atoms with van der Waals surface area (Å²) >= 11 is 6.10. The number of halogens is 1. The van der Waals surface area contributed by atoms with Gasteiger partial charge in [0.2, 0.25) is 0 Å². The number of aromatic hydroxyl groups is 1. The molecule has 1 fully saturated rings. The minimum absolute atomic E-state index is 0.00195. The van der Waals surface area contributed by atoms with E-state index in [-0.39, 0.29) is 27.8 Å². The third-order valence-electron chi connectivity index (χ3n) is 4.23. The summed E-state index contributed by atoms with van der Waals surface area (Å²) < 4.78 is 10.2. The topological polar surface area (TPSA) is 71.0 Å². The second-order valence-electron chi connectivity index (χ2n) is 5.45. The molecule has 1 heterocycles. The van der Waals surface area contributed by atoms with Gasteiger partial charge in [-0.2, -0.15) is 0 Å². The normalized spacial score (nSPS) is 18.0. The summed E-state index contributed by atoms with van der Waals surface area (Å²) in [4.78, 5) is 14.9. The fourth-order valence-electron chi connectivity index (χ4n) is 3.01. The average Bonchev–Trinajstić information content (AvgIpc) is 3.01. The van der Waals surface area contributed by atoms with Crippen LogP contribution in [-0.4, -0.2) is 55.8 Å². The van der Waals surface area contributed by atoms with Crippen molar-refractivity contribution in [3.05, 3.63) is 16.7 Å². The molecule has 1 unspecified atom stereocenters. The fourth-order valence-corrected chi connectivity index (χ4v) is 3.28. The van der Waals surface area contributed by atoms with E-state index in [1.165, 1.54) is 20.3 Å². The Morgan fingerprint density at radius 3 is 2.83 bits per heavy atom. The number of ether oxygens (including phenoxy) is 2. The number of carbonyl (C=O) groups is 1. The Balaban J connectivity index is 2.19. The van der Waals surface area contributed by atoms with E-state index in [4.69, 9.17) is 21.1 Å². The molecule has 0 bridgehead atoms. The van der Waals surface area contributed by atoms with E-state index in [1.54, 1.807) is 0 Å². The highest BCUT2D eigenvalue weighted by Gasteiger charge is 2.27. The number of nitrogens with one attached hydrogen (secondary N) is 1. The number of likely N-dealkylation sites (tertiary alicyclic amines) is 1. The van der Waals surface area contributed by atoms with Crippen molar-refractivity contribution in [1.29, 1.82) is 0 Å². The lowest BCUT2D eigenvalue weighted by molar-refractivity contribution is 0.0935. The van der Waals surface area contributed by atoms with Crippen LogP contribution in [0.5, 0.6) is 17.2 Å². The number of carbonyl (C=O) groups excluding carboxylic acids is 1. The van der Waals surface area contributed by atoms with Gasteiger partial charge in [-0.25, -0.2) is 0 Å². The lowest BCUT2D eigenvalue weighted by Gasteiger charge is -2.23. The van der Waals surface area contributed by atoms with Crippen molar-refractivity contribution in [3.63, 3.8) is 0 Å². The van der Waals surface area contributed by atoms with Crippen LogP contribution < -0.4 is 14.8 Å². The van der Waals surface area contributed by atoms with Crippen molar-refractivity contribution < 1.29 is 19.4 Å². The summed E-state index contributed by atoms with van der Waals surface area (Å²) in [5.74, 6) is -0.425. The van der Waals surface area contributed by atoms with E-state index in [0.717, 1.165) is 25.9 Å². The van der Waals surface area contributed by atoms with E-state index < -0.39 is 5.91 Å². The first-order chi connectivity index (χ1) is 11.0. The number of benzene rings is 1. The lowest BCUT2D eigenvalue weighted by atomic mass is 10.1. The fraction of sp³-hybridized carbons (Fsp3) is 0.562. The molecule has 6 nitrogen and oxygen atoms in total. The van der Waals surface area contributed by atoms with Crippen molar-refractivity contribution in [3.8, 4) is 17.2 Å². The van der Waals surface area contributed by atoms with Crippen molar-refractivity contribution in [2.45, 2.75) is 25.8 Å². The number of hydrogen-bond donors (Lipinski definition) is 2. The van der Waals surface area contributed by atoms with Crippen LogP contribution in [0.1, 0.15) is 30.1 Å². The molecule has 23 heavy (non-hydrogen) atoms. The Kier molecular flexibility index (Phi) is 5.96. The molecule has 0 spiro atoms. The molecule has 0 aromatic heterocycles. The molecule has 7 heteroatoms. The van der Waals surface area contributed by atoms with Crippen LogP contribution in [0.4, 0.5) is 0 Å². The highest BCUT2D eigenvalue weighted by atomic mass is 35.5. The van der Waals surface area contributed by atoms with Crippen LogP contribution in [0.3, 0.4) is 0 Å². The number of likely N-dealkylation sites (N-methyl/N-ethyl adjacent to an activating group) is 1. The Hall–Kier alpha value is -1.66. The summed E-state index contributed by atoms with van der Waals surface area (Å²) in [6.07, 6.45) is 2.18. The minimum atomic E-state index is -0.428. The van der Waals surface area contributed by atoms with Gasteiger partial charge in [0.1, 0.15) is 5.56 Å². The Bertz CT molecular complexity index is 580. The van der Waals surface area contributed by atoms with Crippen LogP contribution in [0.15, 0.2) is 6.07 Å². The summed E-state index contributed by atoms with van der Waals surface area (Å²) in [6, 6.07) is 1.74. The van der Waals surface area contributed by atoms with E-state index in [2.05, 4.69) is 17.1 Å². The van der Waals surface area contributed by atoms with Crippen LogP contribution in [0, 0.1) is 0 Å². The molecule has 1 amide bonds. The first-order valence-electron chi connectivity index (χ1n) is 7.69. The van der Waals surface area contributed by atoms with E-state index in [1.807, 2.05) is 0 Å². The number of phenolic OH excluding ortho intramolecular Hbond substituents is 1. The largest absolute Gasteiger partial charge is 0.504 e. The third kappa shape index (κ3) is 3.64. The Morgan fingerprint density at radius 1 is 1.48 bits per heavy atom. The van der Waals surface area contributed by atoms with Gasteiger partial charge < -0.3 is 19.9 Å². The maximum absolute atomic E-state index is 12.5. The molecule has 1 aromatic rings. The van der Waals surface area contributed by atoms with Gasteiger partial charge in [-0.05, 0) is 25.9 Å². The van der Waals surface area contributed by atoms with E-state index in [0.29, 0.717) is 12.6 Å². The predicted molar refractivity (Wildman–Crippen MR) is 88.8 cm³/mol. The van der Waals surface area contributed by atoms with Gasteiger partial charge in [0.05, 0.1) is 19.2 Å². The van der Waals surface area contributed by atoms with Crippen LogP contribution in [0.2, 0.25) is 5.02 Å². The maximum atomic E-state index is 12.5. The van der Waals surface area contributed by atoms with Gasteiger partial charge in [0.25, 0.3) is 5.91 Å². The molecule has 2 N–H and O–H groups in total. The number of methoxy groups -OCH3 is 2. The molecular formula is C16H23ClN2O4. The number of amides is 1. The molecule has 1 saturated heterocycles. The molecule has 128 valence electrons. The third-order valence-corrected chi connectivity index (χ3v) is 4.51. The van der Waals surface area contributed by atoms with E-state index in [9.17, 15) is 9.90 Å². The smallest absolute Gasteiger partial charge is 0.259 e. The lowest BCUT2D eigenvalue weighted by Crippen LogP contribution is -2.40. The van der Waals surface area contributed by atoms with Crippen molar-refractivity contribution in [1.82, 2.24) is 10.2 Å². The molecule has 1 aromatic carbocycles. The van der Waals surface area contributed by atoms with Crippen LogP contribution in [-0.2, 0) is 0 Å². The zero-order valence-corrected chi connectivity index (χ0v) is 14.4. The number of phenols is 1. The average molecular weight is 343 g/mol. The van der Waals surface area contributed by atoms with Gasteiger partial charge >= 0.3 is 0 Å². The van der Waals surface area contributed by atoms with Gasteiger partial charge in [-0.15, -0.1) is 0 Å². The summed E-state index contributed by atoms with van der Waals surface area (Å²) in [5, 5.41) is 13.3. The highest BCUT2D eigenvalue weighted by Crippen LogP contribution is 2.41. The van der Waals surface area contributed by atoms with Crippen molar-refractivity contribution in [2.24, 2.45) is 0 Å². The zero-order valence-electron chi connectivity index (χ0n) is 13.7. The second-order valence-corrected chi connectivity index (χ2v) is 5.86. The SMILES string of the molecule is CCN1CCCC1CNC(=O)c1c(O)c(OC)cc(Cl)c1OC. The summed E-state index contributed by atoms with van der Waals surface area (Å²) in [7, 11) is 2.80. The molecule has 0 radical (unpaired) electrons. The second kappa shape index (κ2) is 7.75. The summed E-state index contributed by atoms with van der Waals surface area (Å²) in [5.41, 5.74) is -0.00195. The molecule has 1 aliphatic heterocycles. The zero-order chi connectivity index (χ0) is 17.0. The monoisotopic (exact) mass is 342 g/mol. The van der Waals surface area contributed by atoms with E-state index >= 15 is 0 Å². The first kappa shape index (κ1) is 17.7. The molecule has 1 aliphatic rings. The number of rotatable bonds is 6. The van der Waals surface area contributed by atoms with Crippen molar-refractivity contribution >= 4 is 17.5 Å². The number of nitrogens with zero attached hydrogens (tertiary/aromatic N) is 1.